The Labute approximate surface area is 110 Å². The van der Waals surface area contributed by atoms with Crippen LogP contribution in [0.3, 0.4) is 0 Å². The predicted octanol–water partition coefficient (Wildman–Crippen LogP) is 1.09. The average molecular weight is 261 g/mol. The molecule has 0 fully saturated rings. The molecule has 2 aromatic heterocycles. The van der Waals surface area contributed by atoms with E-state index in [-0.39, 0.29) is 12.5 Å². The molecule has 1 aliphatic rings. The number of anilines is 1. The zero-order valence-electron chi connectivity index (χ0n) is 10.7. The third-order valence-corrected chi connectivity index (χ3v) is 3.31. The second-order valence-corrected chi connectivity index (χ2v) is 4.71. The Hall–Kier alpha value is -2.18. The molecule has 2 heterocycles. The lowest BCUT2D eigenvalue weighted by molar-refractivity contribution is -0.117. The molecule has 1 amide bonds. The van der Waals surface area contributed by atoms with Gasteiger partial charge < -0.3 is 9.84 Å². The standard InChI is InChI=1S/C12H15N5O2/c1-8-10(7-19-15-8)13-12(18)6-17-11-5-3-2-4-9(11)14-16-17/h7H,2-6H2,1H3,(H,13,18). The minimum absolute atomic E-state index is 0.149. The summed E-state index contributed by atoms with van der Waals surface area (Å²) < 4.78 is 6.46. The molecular formula is C12H15N5O2. The normalized spacial score (nSPS) is 14.2. The van der Waals surface area contributed by atoms with E-state index in [0.717, 1.165) is 37.1 Å². The fraction of sp³-hybridized carbons (Fsp3) is 0.500. The quantitative estimate of drug-likeness (QED) is 0.893. The number of aromatic nitrogens is 4. The van der Waals surface area contributed by atoms with Gasteiger partial charge in [0.25, 0.3) is 0 Å². The van der Waals surface area contributed by atoms with E-state index in [9.17, 15) is 4.79 Å². The van der Waals surface area contributed by atoms with Crippen LogP contribution in [-0.4, -0.2) is 26.1 Å². The fourth-order valence-electron chi connectivity index (χ4n) is 2.29. The number of amides is 1. The van der Waals surface area contributed by atoms with E-state index in [0.29, 0.717) is 11.4 Å². The van der Waals surface area contributed by atoms with Gasteiger partial charge in [-0.2, -0.15) is 0 Å². The van der Waals surface area contributed by atoms with Crippen molar-refractivity contribution in [2.75, 3.05) is 5.32 Å². The number of nitrogens with zero attached hydrogens (tertiary/aromatic N) is 4. The summed E-state index contributed by atoms with van der Waals surface area (Å²) in [5, 5.41) is 14.6. The SMILES string of the molecule is Cc1nocc1NC(=O)Cn1nnc2c1CCCC2. The van der Waals surface area contributed by atoms with Gasteiger partial charge in [0.15, 0.2) is 0 Å². The maximum absolute atomic E-state index is 11.9. The lowest BCUT2D eigenvalue weighted by atomic mass is 10.0. The fourth-order valence-corrected chi connectivity index (χ4v) is 2.29. The Balaban J connectivity index is 1.70. The minimum Gasteiger partial charge on any atom is -0.362 e. The monoisotopic (exact) mass is 261 g/mol. The molecule has 0 aliphatic heterocycles. The average Bonchev–Trinajstić information content (AvgIpc) is 2.98. The second kappa shape index (κ2) is 4.83. The van der Waals surface area contributed by atoms with Crippen LogP contribution in [0.2, 0.25) is 0 Å². The van der Waals surface area contributed by atoms with Gasteiger partial charge in [0.1, 0.15) is 24.2 Å². The molecule has 0 saturated heterocycles. The van der Waals surface area contributed by atoms with Crippen molar-refractivity contribution in [2.45, 2.75) is 39.2 Å². The molecule has 0 unspecified atom stereocenters. The van der Waals surface area contributed by atoms with Gasteiger partial charge in [0.2, 0.25) is 5.91 Å². The van der Waals surface area contributed by atoms with Crippen LogP contribution in [-0.2, 0) is 24.2 Å². The first-order valence-electron chi connectivity index (χ1n) is 6.36. The Bertz CT molecular complexity index is 601. The number of fused-ring (bicyclic) bond motifs is 1. The molecular weight excluding hydrogens is 246 g/mol. The van der Waals surface area contributed by atoms with Gasteiger partial charge in [0.05, 0.1) is 11.4 Å². The maximum atomic E-state index is 11.9. The first-order valence-corrected chi connectivity index (χ1v) is 6.36. The van der Waals surface area contributed by atoms with Gasteiger partial charge in [-0.25, -0.2) is 4.68 Å². The van der Waals surface area contributed by atoms with Gasteiger partial charge >= 0.3 is 0 Å². The molecule has 0 radical (unpaired) electrons. The number of hydrogen-bond donors (Lipinski definition) is 1. The molecule has 0 spiro atoms. The van der Waals surface area contributed by atoms with E-state index in [1.165, 1.54) is 6.26 Å². The summed E-state index contributed by atoms with van der Waals surface area (Å²) in [6.07, 6.45) is 5.61. The highest BCUT2D eigenvalue weighted by atomic mass is 16.5. The summed E-state index contributed by atoms with van der Waals surface area (Å²) in [7, 11) is 0. The molecule has 0 aromatic carbocycles. The highest BCUT2D eigenvalue weighted by molar-refractivity contribution is 5.90. The second-order valence-electron chi connectivity index (χ2n) is 4.71. The molecule has 100 valence electrons. The van der Waals surface area contributed by atoms with Crippen LogP contribution in [0.15, 0.2) is 10.8 Å². The van der Waals surface area contributed by atoms with Crippen LogP contribution < -0.4 is 5.32 Å². The molecule has 3 rings (SSSR count). The lowest BCUT2D eigenvalue weighted by Gasteiger charge is -2.11. The van der Waals surface area contributed by atoms with E-state index < -0.39 is 0 Å². The zero-order chi connectivity index (χ0) is 13.2. The Morgan fingerprint density at radius 1 is 1.47 bits per heavy atom. The highest BCUT2D eigenvalue weighted by Crippen LogP contribution is 2.18. The van der Waals surface area contributed by atoms with Gasteiger partial charge in [0, 0.05) is 0 Å². The topological polar surface area (TPSA) is 85.8 Å². The first-order chi connectivity index (χ1) is 9.24. The van der Waals surface area contributed by atoms with Crippen molar-refractivity contribution in [3.05, 3.63) is 23.3 Å². The highest BCUT2D eigenvalue weighted by Gasteiger charge is 2.18. The Kier molecular flexibility index (Phi) is 3.02. The summed E-state index contributed by atoms with van der Waals surface area (Å²) in [6.45, 7) is 1.95. The molecule has 0 atom stereocenters. The van der Waals surface area contributed by atoms with Crippen LogP contribution in [0.5, 0.6) is 0 Å². The molecule has 2 aromatic rings. The summed E-state index contributed by atoms with van der Waals surface area (Å²) in [5.41, 5.74) is 3.37. The lowest BCUT2D eigenvalue weighted by Crippen LogP contribution is -2.21. The van der Waals surface area contributed by atoms with Crippen molar-refractivity contribution in [1.29, 1.82) is 0 Å². The van der Waals surface area contributed by atoms with Crippen LogP contribution in [0.1, 0.15) is 29.9 Å². The zero-order valence-corrected chi connectivity index (χ0v) is 10.7. The van der Waals surface area contributed by atoms with E-state index in [2.05, 4.69) is 20.8 Å². The van der Waals surface area contributed by atoms with Crippen LogP contribution in [0, 0.1) is 6.92 Å². The smallest absolute Gasteiger partial charge is 0.246 e. The summed E-state index contributed by atoms with van der Waals surface area (Å²) in [5.74, 6) is -0.149. The minimum atomic E-state index is -0.149. The predicted molar refractivity (Wildman–Crippen MR) is 66.5 cm³/mol. The molecule has 19 heavy (non-hydrogen) atoms. The Morgan fingerprint density at radius 2 is 2.32 bits per heavy atom. The maximum Gasteiger partial charge on any atom is 0.246 e. The first kappa shape index (κ1) is 11.9. The number of rotatable bonds is 3. The summed E-state index contributed by atoms with van der Waals surface area (Å²) >= 11 is 0. The van der Waals surface area contributed by atoms with Crippen LogP contribution >= 0.6 is 0 Å². The molecule has 7 nitrogen and oxygen atoms in total. The van der Waals surface area contributed by atoms with E-state index >= 15 is 0 Å². The summed E-state index contributed by atoms with van der Waals surface area (Å²) in [6, 6.07) is 0. The largest absolute Gasteiger partial charge is 0.362 e. The van der Waals surface area contributed by atoms with Crippen molar-refractivity contribution in [2.24, 2.45) is 0 Å². The van der Waals surface area contributed by atoms with Gasteiger partial charge in [-0.1, -0.05) is 10.4 Å². The molecule has 7 heteroatoms. The number of carbonyl (C=O) groups excluding carboxylic acids is 1. The van der Waals surface area contributed by atoms with E-state index in [1.54, 1.807) is 11.6 Å². The number of hydrogen-bond acceptors (Lipinski definition) is 5. The third-order valence-electron chi connectivity index (χ3n) is 3.31. The van der Waals surface area contributed by atoms with Crippen LogP contribution in [0.4, 0.5) is 5.69 Å². The van der Waals surface area contributed by atoms with E-state index in [1.807, 2.05) is 0 Å². The molecule has 0 bridgehead atoms. The molecule has 1 N–H and O–H groups in total. The number of carbonyl (C=O) groups is 1. The van der Waals surface area contributed by atoms with Crippen molar-refractivity contribution in [1.82, 2.24) is 20.2 Å². The van der Waals surface area contributed by atoms with Crippen molar-refractivity contribution >= 4 is 11.6 Å². The molecule has 0 saturated carbocycles. The van der Waals surface area contributed by atoms with Crippen molar-refractivity contribution < 1.29 is 9.32 Å². The number of nitrogens with one attached hydrogen (secondary N) is 1. The van der Waals surface area contributed by atoms with Gasteiger partial charge in [-0.3, -0.25) is 4.79 Å². The van der Waals surface area contributed by atoms with Gasteiger partial charge in [-0.15, -0.1) is 5.10 Å². The third kappa shape index (κ3) is 2.35. The van der Waals surface area contributed by atoms with Gasteiger partial charge in [-0.05, 0) is 32.6 Å². The number of aryl methyl sites for hydroxylation is 2. The van der Waals surface area contributed by atoms with Crippen LogP contribution in [0.25, 0.3) is 0 Å². The van der Waals surface area contributed by atoms with Crippen molar-refractivity contribution in [3.63, 3.8) is 0 Å². The van der Waals surface area contributed by atoms with Crippen molar-refractivity contribution in [3.8, 4) is 0 Å². The molecule has 1 aliphatic carbocycles. The van der Waals surface area contributed by atoms with E-state index in [4.69, 9.17) is 4.52 Å². The Morgan fingerprint density at radius 3 is 3.11 bits per heavy atom. The summed E-state index contributed by atoms with van der Waals surface area (Å²) in [4.78, 5) is 11.9.